The Labute approximate surface area is 136 Å². The molecule has 0 saturated heterocycles. The van der Waals surface area contributed by atoms with Gasteiger partial charge in [-0.25, -0.2) is 0 Å². The normalized spacial score (nSPS) is 10.4. The Morgan fingerprint density at radius 1 is 1.23 bits per heavy atom. The largest absolute Gasteiger partial charge is 0.481 e. The van der Waals surface area contributed by atoms with Crippen LogP contribution in [0.3, 0.4) is 0 Å². The van der Waals surface area contributed by atoms with Gasteiger partial charge in [0.2, 0.25) is 0 Å². The summed E-state index contributed by atoms with van der Waals surface area (Å²) in [5.41, 5.74) is 2.00. The van der Waals surface area contributed by atoms with E-state index in [9.17, 15) is 9.59 Å². The average Bonchev–Trinajstić information content (AvgIpc) is 2.97. The van der Waals surface area contributed by atoms with E-state index in [1.807, 2.05) is 24.3 Å². The third-order valence-electron chi connectivity index (χ3n) is 3.07. The van der Waals surface area contributed by atoms with Gasteiger partial charge in [0.15, 0.2) is 0 Å². The number of carboxylic acids is 1. The van der Waals surface area contributed by atoms with Gasteiger partial charge in [-0.05, 0) is 31.0 Å². The molecular weight excluding hydrogens is 350 g/mol. The lowest BCUT2D eigenvalue weighted by Gasteiger charge is -2.02. The van der Waals surface area contributed by atoms with Gasteiger partial charge in [0, 0.05) is 23.0 Å². The second-order valence-corrected chi connectivity index (χ2v) is 5.70. The summed E-state index contributed by atoms with van der Waals surface area (Å²) in [6, 6.07) is 9.33. The van der Waals surface area contributed by atoms with Crippen LogP contribution in [0.5, 0.6) is 0 Å². The first-order valence-electron chi connectivity index (χ1n) is 6.87. The Hall–Kier alpha value is -2.15. The van der Waals surface area contributed by atoms with Crippen LogP contribution < -0.4 is 5.32 Å². The first kappa shape index (κ1) is 16.2. The average molecular weight is 366 g/mol. The number of benzene rings is 1. The van der Waals surface area contributed by atoms with Crippen molar-refractivity contribution in [1.82, 2.24) is 15.5 Å². The van der Waals surface area contributed by atoms with Crippen molar-refractivity contribution < 1.29 is 14.7 Å². The van der Waals surface area contributed by atoms with E-state index < -0.39 is 5.97 Å². The second kappa shape index (κ2) is 7.74. The van der Waals surface area contributed by atoms with Crippen molar-refractivity contribution in [2.45, 2.75) is 19.3 Å². The standard InChI is InChI=1S/C15H16BrN3O3/c16-11-6-4-10(5-7-11)12-9-13(19-18-12)15(22)17-8-2-1-3-14(20)21/h4-7,9H,1-3,8H2,(H,17,22)(H,18,19)(H,20,21). The summed E-state index contributed by atoms with van der Waals surface area (Å²) in [7, 11) is 0. The van der Waals surface area contributed by atoms with Gasteiger partial charge in [-0.3, -0.25) is 14.7 Å². The van der Waals surface area contributed by atoms with Crippen molar-refractivity contribution in [1.29, 1.82) is 0 Å². The fraction of sp³-hybridized carbons (Fsp3) is 0.267. The molecule has 7 heteroatoms. The second-order valence-electron chi connectivity index (χ2n) is 4.78. The van der Waals surface area contributed by atoms with Gasteiger partial charge in [-0.2, -0.15) is 5.10 Å². The highest BCUT2D eigenvalue weighted by Gasteiger charge is 2.10. The van der Waals surface area contributed by atoms with E-state index in [1.54, 1.807) is 6.07 Å². The number of carbonyl (C=O) groups is 2. The molecule has 0 radical (unpaired) electrons. The minimum atomic E-state index is -0.820. The third kappa shape index (κ3) is 4.70. The highest BCUT2D eigenvalue weighted by Crippen LogP contribution is 2.20. The van der Waals surface area contributed by atoms with Crippen LogP contribution in [0.1, 0.15) is 29.8 Å². The van der Waals surface area contributed by atoms with E-state index in [4.69, 9.17) is 5.11 Å². The van der Waals surface area contributed by atoms with Gasteiger partial charge in [-0.15, -0.1) is 0 Å². The highest BCUT2D eigenvalue weighted by atomic mass is 79.9. The molecule has 6 nitrogen and oxygen atoms in total. The number of hydrogen-bond donors (Lipinski definition) is 3. The molecule has 1 amide bonds. The monoisotopic (exact) mass is 365 g/mol. The number of aliphatic carboxylic acids is 1. The quantitative estimate of drug-likeness (QED) is 0.657. The number of H-pyrrole nitrogens is 1. The summed E-state index contributed by atoms with van der Waals surface area (Å²) in [5, 5.41) is 18.1. The van der Waals surface area contributed by atoms with E-state index >= 15 is 0 Å². The molecular formula is C15H16BrN3O3. The summed E-state index contributed by atoms with van der Waals surface area (Å²) >= 11 is 3.37. The van der Waals surface area contributed by atoms with Crippen molar-refractivity contribution in [3.63, 3.8) is 0 Å². The van der Waals surface area contributed by atoms with Gasteiger partial charge < -0.3 is 10.4 Å². The number of carboxylic acid groups (broad SMARTS) is 1. The number of rotatable bonds is 7. The zero-order chi connectivity index (χ0) is 15.9. The molecule has 116 valence electrons. The van der Waals surface area contributed by atoms with Crippen LogP contribution in [0.2, 0.25) is 0 Å². The first-order chi connectivity index (χ1) is 10.6. The molecule has 0 aliphatic heterocycles. The van der Waals surface area contributed by atoms with Crippen molar-refractivity contribution in [2.75, 3.05) is 6.54 Å². The maximum absolute atomic E-state index is 11.9. The van der Waals surface area contributed by atoms with Crippen LogP contribution >= 0.6 is 15.9 Å². The number of hydrogen-bond acceptors (Lipinski definition) is 3. The summed E-state index contributed by atoms with van der Waals surface area (Å²) in [6.07, 6.45) is 1.29. The smallest absolute Gasteiger partial charge is 0.303 e. The van der Waals surface area contributed by atoms with E-state index in [1.165, 1.54) is 0 Å². The molecule has 2 rings (SSSR count). The lowest BCUT2D eigenvalue weighted by Crippen LogP contribution is -2.24. The van der Waals surface area contributed by atoms with Crippen molar-refractivity contribution >= 4 is 27.8 Å². The maximum Gasteiger partial charge on any atom is 0.303 e. The minimum absolute atomic E-state index is 0.119. The van der Waals surface area contributed by atoms with E-state index in [0.29, 0.717) is 30.8 Å². The van der Waals surface area contributed by atoms with Crippen molar-refractivity contribution in [3.8, 4) is 11.3 Å². The number of nitrogens with zero attached hydrogens (tertiary/aromatic N) is 1. The Kier molecular flexibility index (Phi) is 5.71. The molecule has 0 fully saturated rings. The molecule has 1 aromatic heterocycles. The molecule has 1 aromatic carbocycles. The Balaban J connectivity index is 1.86. The summed E-state index contributed by atoms with van der Waals surface area (Å²) in [4.78, 5) is 22.3. The molecule has 0 spiro atoms. The maximum atomic E-state index is 11.9. The van der Waals surface area contributed by atoms with Gasteiger partial charge in [0.1, 0.15) is 5.69 Å². The van der Waals surface area contributed by atoms with Gasteiger partial charge in [0.05, 0.1) is 5.69 Å². The molecule has 3 N–H and O–H groups in total. The van der Waals surface area contributed by atoms with Crippen LogP contribution in [0.4, 0.5) is 0 Å². The fourth-order valence-electron chi connectivity index (χ4n) is 1.90. The highest BCUT2D eigenvalue weighted by molar-refractivity contribution is 9.10. The molecule has 0 bridgehead atoms. The summed E-state index contributed by atoms with van der Waals surface area (Å²) in [5.74, 6) is -1.06. The number of nitrogens with one attached hydrogen (secondary N) is 2. The third-order valence-corrected chi connectivity index (χ3v) is 3.59. The van der Waals surface area contributed by atoms with Crippen LogP contribution in [-0.2, 0) is 4.79 Å². The van der Waals surface area contributed by atoms with Crippen LogP contribution in [0, 0.1) is 0 Å². The lowest BCUT2D eigenvalue weighted by atomic mass is 10.1. The molecule has 2 aromatic rings. The van der Waals surface area contributed by atoms with Crippen molar-refractivity contribution in [3.05, 3.63) is 40.5 Å². The van der Waals surface area contributed by atoms with Crippen LogP contribution in [-0.4, -0.2) is 33.7 Å². The van der Waals surface area contributed by atoms with E-state index in [-0.39, 0.29) is 12.3 Å². The number of amides is 1. The summed E-state index contributed by atoms with van der Waals surface area (Å²) in [6.45, 7) is 0.443. The Bertz CT molecular complexity index is 652. The predicted molar refractivity (Wildman–Crippen MR) is 85.5 cm³/mol. The topological polar surface area (TPSA) is 95.1 Å². The van der Waals surface area contributed by atoms with Gasteiger partial charge in [0.25, 0.3) is 5.91 Å². The molecule has 0 atom stereocenters. The van der Waals surface area contributed by atoms with Gasteiger partial charge in [-0.1, -0.05) is 28.1 Å². The molecule has 0 saturated carbocycles. The summed E-state index contributed by atoms with van der Waals surface area (Å²) < 4.78 is 0.978. The van der Waals surface area contributed by atoms with E-state index in [2.05, 4.69) is 31.4 Å². The zero-order valence-corrected chi connectivity index (χ0v) is 13.4. The minimum Gasteiger partial charge on any atom is -0.481 e. The van der Waals surface area contributed by atoms with Crippen LogP contribution in [0.25, 0.3) is 11.3 Å². The lowest BCUT2D eigenvalue weighted by molar-refractivity contribution is -0.137. The fourth-order valence-corrected chi connectivity index (χ4v) is 2.17. The molecule has 0 aliphatic rings. The van der Waals surface area contributed by atoms with Crippen molar-refractivity contribution in [2.24, 2.45) is 0 Å². The number of halogens is 1. The molecule has 22 heavy (non-hydrogen) atoms. The molecule has 1 heterocycles. The Morgan fingerprint density at radius 2 is 1.95 bits per heavy atom. The number of carbonyl (C=O) groups excluding carboxylic acids is 1. The Morgan fingerprint density at radius 3 is 2.64 bits per heavy atom. The van der Waals surface area contributed by atoms with E-state index in [0.717, 1.165) is 10.0 Å². The predicted octanol–water partition coefficient (Wildman–Crippen LogP) is 2.82. The van der Waals surface area contributed by atoms with Gasteiger partial charge >= 0.3 is 5.97 Å². The van der Waals surface area contributed by atoms with Crippen LogP contribution in [0.15, 0.2) is 34.8 Å². The number of aromatic amines is 1. The number of aromatic nitrogens is 2. The zero-order valence-electron chi connectivity index (χ0n) is 11.8. The molecule has 0 unspecified atom stereocenters. The first-order valence-corrected chi connectivity index (χ1v) is 7.67. The number of unbranched alkanes of at least 4 members (excludes halogenated alkanes) is 1. The molecule has 0 aliphatic carbocycles. The SMILES string of the molecule is O=C(O)CCCCNC(=O)c1cc(-c2ccc(Br)cc2)n[nH]1.